The minimum Gasteiger partial charge on any atom is -0.378 e. The van der Waals surface area contributed by atoms with Crippen molar-refractivity contribution in [3.05, 3.63) is 65.3 Å². The van der Waals surface area contributed by atoms with Crippen LogP contribution in [0.25, 0.3) is 17.0 Å². The number of hydrogen-bond donors (Lipinski definition) is 0. The zero-order valence-corrected chi connectivity index (χ0v) is 15.2. The van der Waals surface area contributed by atoms with Crippen molar-refractivity contribution in [3.8, 4) is 0 Å². The number of aromatic nitrogens is 1. The number of halogens is 1. The number of fused-ring (bicyclic) bond motifs is 1. The van der Waals surface area contributed by atoms with E-state index >= 15 is 0 Å². The highest BCUT2D eigenvalue weighted by molar-refractivity contribution is 7.14. The third-order valence-corrected chi connectivity index (χ3v) is 4.09. The number of rotatable bonds is 3. The molecular weight excluding hydrogens is 364 g/mol. The second-order valence-electron chi connectivity index (χ2n) is 5.31. The molecule has 0 saturated heterocycles. The summed E-state index contributed by atoms with van der Waals surface area (Å²) >= 11 is 1.75. The Morgan fingerprint density at radius 1 is 0.920 bits per heavy atom. The highest BCUT2D eigenvalue weighted by Gasteiger charge is 2.02. The Labute approximate surface area is 151 Å². The molecule has 1 aromatic carbocycles. The van der Waals surface area contributed by atoms with E-state index in [0.29, 0.717) is 0 Å². The zero-order chi connectivity index (χ0) is 18.4. The molecule has 0 aliphatic carbocycles. The van der Waals surface area contributed by atoms with Crippen LogP contribution in [0.1, 0.15) is 11.1 Å². The molecule has 2 heterocycles. The molecule has 0 fully saturated rings. The molecule has 0 aliphatic rings. The number of thiazole rings is 1. The topological polar surface area (TPSA) is 99.6 Å². The maximum Gasteiger partial charge on any atom is 0.267 e. The van der Waals surface area contributed by atoms with Gasteiger partial charge in [-0.3, -0.25) is 0 Å². The van der Waals surface area contributed by atoms with Crippen LogP contribution >= 0.6 is 11.3 Å². The molecule has 6 nitrogen and oxygen atoms in total. The number of pyridine rings is 1. The summed E-state index contributed by atoms with van der Waals surface area (Å²) in [5.41, 5.74) is 3.66. The maximum absolute atomic E-state index is 8.49. The van der Waals surface area contributed by atoms with E-state index in [9.17, 15) is 0 Å². The van der Waals surface area contributed by atoms with Crippen LogP contribution in [-0.2, 0) is 0 Å². The molecule has 0 amide bonds. The predicted molar refractivity (Wildman–Crippen MR) is 87.2 cm³/mol. The van der Waals surface area contributed by atoms with Gasteiger partial charge in [-0.25, -0.2) is 18.6 Å². The Hall–Kier alpha value is -2.00. The fraction of sp³-hybridized carbons (Fsp3) is 0.118. The number of benzene rings is 1. The lowest BCUT2D eigenvalue weighted by Gasteiger charge is -2.17. The van der Waals surface area contributed by atoms with Crippen LogP contribution in [0.2, 0.25) is 0 Å². The van der Waals surface area contributed by atoms with Crippen molar-refractivity contribution < 1.29 is 33.3 Å². The van der Waals surface area contributed by atoms with Gasteiger partial charge in [0.25, 0.3) is 4.83 Å². The Balaban J connectivity index is 0.000000399. The number of nitrogens with zero attached hydrogens (tertiary/aromatic N) is 2. The molecule has 25 heavy (non-hydrogen) atoms. The van der Waals surface area contributed by atoms with Crippen molar-refractivity contribution in [2.75, 3.05) is 19.0 Å². The van der Waals surface area contributed by atoms with E-state index in [0.717, 1.165) is 0 Å². The van der Waals surface area contributed by atoms with Gasteiger partial charge in [-0.15, -0.1) is 10.2 Å². The molecule has 0 unspecified atom stereocenters. The Bertz CT molecular complexity index is 836. The van der Waals surface area contributed by atoms with E-state index in [1.807, 2.05) is 0 Å². The van der Waals surface area contributed by atoms with Crippen LogP contribution in [-0.4, -0.2) is 14.1 Å². The van der Waals surface area contributed by atoms with Crippen LogP contribution < -0.4 is 27.9 Å². The molecule has 3 rings (SSSR count). The van der Waals surface area contributed by atoms with Gasteiger partial charge >= 0.3 is 0 Å². The monoisotopic (exact) mass is 380 g/mol. The lowest BCUT2D eigenvalue weighted by Crippen LogP contribution is -2.68. The molecule has 0 radical (unpaired) electrons. The number of anilines is 1. The Morgan fingerprint density at radius 2 is 1.52 bits per heavy atom. The summed E-state index contributed by atoms with van der Waals surface area (Å²) < 4.78 is 36.1. The summed E-state index contributed by atoms with van der Waals surface area (Å²) in [7, 11) is -0.836. The molecule has 2 aromatic heterocycles. The summed E-state index contributed by atoms with van der Waals surface area (Å²) in [5.74, 6) is 0. The van der Waals surface area contributed by atoms with Crippen molar-refractivity contribution >= 4 is 34.0 Å². The van der Waals surface area contributed by atoms with Gasteiger partial charge in [-0.05, 0) is 23.3 Å². The molecule has 0 aliphatic heterocycles. The number of hydrogen-bond acceptors (Lipinski definition) is 6. The summed E-state index contributed by atoms with van der Waals surface area (Å²) in [6.07, 6.45) is 8.48. The Morgan fingerprint density at radius 3 is 2.12 bits per heavy atom. The first-order valence-corrected chi connectivity index (χ1v) is 9.29. The van der Waals surface area contributed by atoms with Gasteiger partial charge in [0.05, 0.1) is 5.38 Å². The standard InChI is InChI=1S/C17H17N2S.ClHO4/c1-18(2)16-7-5-14(6-8-16)3-4-15-9-10-19-11-12-20-17(19)13-15;2-1(3,4)5/h3-13H,1-2H3;(H,2,3,4,5)/q+1;/p-1. The van der Waals surface area contributed by atoms with E-state index in [1.54, 1.807) is 11.3 Å². The second kappa shape index (κ2) is 8.39. The third-order valence-electron chi connectivity index (χ3n) is 3.26. The van der Waals surface area contributed by atoms with E-state index in [4.69, 9.17) is 18.6 Å². The van der Waals surface area contributed by atoms with E-state index in [-0.39, 0.29) is 0 Å². The van der Waals surface area contributed by atoms with Gasteiger partial charge < -0.3 is 4.90 Å². The van der Waals surface area contributed by atoms with Crippen molar-refractivity contribution in [2.45, 2.75) is 0 Å². The molecule has 0 N–H and O–H groups in total. The highest BCUT2D eigenvalue weighted by atomic mass is 35.7. The molecule has 3 aromatic rings. The smallest absolute Gasteiger partial charge is 0.267 e. The van der Waals surface area contributed by atoms with Crippen molar-refractivity contribution in [3.63, 3.8) is 0 Å². The fourth-order valence-corrected chi connectivity index (χ4v) is 2.85. The van der Waals surface area contributed by atoms with Gasteiger partial charge in [0.2, 0.25) is 0 Å². The third kappa shape index (κ3) is 6.79. The normalized spacial score (nSPS) is 11.4. The van der Waals surface area contributed by atoms with Crippen molar-refractivity contribution in [1.82, 2.24) is 0 Å². The summed E-state index contributed by atoms with van der Waals surface area (Å²) in [5, 5.41) is 2.10. The average molecular weight is 381 g/mol. The highest BCUT2D eigenvalue weighted by Crippen LogP contribution is 2.15. The lowest BCUT2D eigenvalue weighted by molar-refractivity contribution is -2.00. The first-order valence-electron chi connectivity index (χ1n) is 7.18. The Kier molecular flexibility index (Phi) is 6.49. The fourth-order valence-electron chi connectivity index (χ4n) is 2.07. The first kappa shape index (κ1) is 19.3. The second-order valence-corrected chi connectivity index (χ2v) is 6.99. The summed E-state index contributed by atoms with van der Waals surface area (Å²) in [6, 6.07) is 12.9. The molecular formula is C17H17ClN2O4S. The largest absolute Gasteiger partial charge is 0.378 e. The van der Waals surface area contributed by atoms with Gasteiger partial charge in [-0.2, -0.15) is 4.40 Å². The first-order chi connectivity index (χ1) is 11.7. The van der Waals surface area contributed by atoms with E-state index in [2.05, 4.69) is 89.7 Å². The molecule has 0 atom stereocenters. The van der Waals surface area contributed by atoms with Crippen LogP contribution in [0.5, 0.6) is 0 Å². The van der Waals surface area contributed by atoms with Crippen molar-refractivity contribution in [2.24, 2.45) is 0 Å². The molecule has 0 spiro atoms. The molecule has 0 bridgehead atoms. The van der Waals surface area contributed by atoms with Gasteiger partial charge in [0.15, 0.2) is 12.4 Å². The van der Waals surface area contributed by atoms with Crippen LogP contribution in [0.15, 0.2) is 54.2 Å². The van der Waals surface area contributed by atoms with Crippen LogP contribution in [0.3, 0.4) is 0 Å². The maximum atomic E-state index is 8.49. The van der Waals surface area contributed by atoms with E-state index < -0.39 is 10.2 Å². The SMILES string of the molecule is CN(C)c1ccc(C=Cc2cc[n+]3ccsc3c2)cc1.[O-][Cl+3]([O-])([O-])[O-]. The molecule has 132 valence electrons. The minimum atomic E-state index is -4.94. The quantitative estimate of drug-likeness (QED) is 0.541. The average Bonchev–Trinajstić information content (AvgIpc) is 2.99. The zero-order valence-electron chi connectivity index (χ0n) is 13.7. The van der Waals surface area contributed by atoms with E-state index in [1.165, 1.54) is 21.6 Å². The molecule has 0 saturated carbocycles. The minimum absolute atomic E-state index is 1.22. The summed E-state index contributed by atoms with van der Waals surface area (Å²) in [4.78, 5) is 3.37. The van der Waals surface area contributed by atoms with Gasteiger partial charge in [-0.1, -0.05) is 35.6 Å². The predicted octanol–water partition coefficient (Wildman–Crippen LogP) is -1.03. The van der Waals surface area contributed by atoms with Gasteiger partial charge in [0, 0.05) is 31.9 Å². The van der Waals surface area contributed by atoms with Gasteiger partial charge in [0.1, 0.15) is 0 Å². The van der Waals surface area contributed by atoms with Crippen molar-refractivity contribution in [1.29, 1.82) is 0 Å². The summed E-state index contributed by atoms with van der Waals surface area (Å²) in [6.45, 7) is 0. The molecule has 8 heteroatoms. The van der Waals surface area contributed by atoms with Crippen LogP contribution in [0.4, 0.5) is 5.69 Å². The lowest BCUT2D eigenvalue weighted by atomic mass is 10.1. The van der Waals surface area contributed by atoms with Crippen LogP contribution in [0, 0.1) is 10.2 Å².